The summed E-state index contributed by atoms with van der Waals surface area (Å²) in [7, 11) is 2.75. The van der Waals surface area contributed by atoms with Crippen molar-refractivity contribution in [3.63, 3.8) is 0 Å². The van der Waals surface area contributed by atoms with Crippen molar-refractivity contribution in [2.24, 2.45) is 0 Å². The SMILES string of the molecule is COC(=O)/C=C/c1ccc(OC(=O)c2ccc(CNC(C)=O)cc2)c(OC)c1. The quantitative estimate of drug-likeness (QED) is 0.449. The standard InChI is InChI=1S/C21H21NO6/c1-14(23)22-13-16-4-8-17(9-5-16)21(25)28-18-10-6-15(12-19(18)26-2)7-11-20(24)27-3/h4-12H,13H2,1-3H3,(H,22,23)/b11-7+. The van der Waals surface area contributed by atoms with E-state index in [1.807, 2.05) is 0 Å². The average Bonchev–Trinajstić information content (AvgIpc) is 2.71. The van der Waals surface area contributed by atoms with E-state index in [-0.39, 0.29) is 11.7 Å². The molecule has 1 amide bonds. The molecule has 2 aromatic rings. The van der Waals surface area contributed by atoms with E-state index in [1.165, 1.54) is 27.2 Å². The maximum absolute atomic E-state index is 12.4. The van der Waals surface area contributed by atoms with Gasteiger partial charge in [-0.15, -0.1) is 0 Å². The summed E-state index contributed by atoms with van der Waals surface area (Å²) in [6.07, 6.45) is 2.84. The Morgan fingerprint density at radius 3 is 2.32 bits per heavy atom. The zero-order valence-corrected chi connectivity index (χ0v) is 15.9. The summed E-state index contributed by atoms with van der Waals surface area (Å²) >= 11 is 0. The number of hydrogen-bond donors (Lipinski definition) is 1. The lowest BCUT2D eigenvalue weighted by Crippen LogP contribution is -2.19. The molecule has 146 valence electrons. The minimum Gasteiger partial charge on any atom is -0.493 e. The molecule has 0 heterocycles. The highest BCUT2D eigenvalue weighted by Crippen LogP contribution is 2.29. The third kappa shape index (κ3) is 5.98. The Bertz CT molecular complexity index is 886. The molecular formula is C21H21NO6. The van der Waals surface area contributed by atoms with Gasteiger partial charge in [-0.3, -0.25) is 4.79 Å². The molecule has 2 rings (SSSR count). The van der Waals surface area contributed by atoms with Crippen LogP contribution in [-0.2, 0) is 20.9 Å². The largest absolute Gasteiger partial charge is 0.493 e. The van der Waals surface area contributed by atoms with Gasteiger partial charge in [0.25, 0.3) is 0 Å². The number of esters is 2. The highest BCUT2D eigenvalue weighted by molar-refractivity contribution is 5.91. The molecule has 0 atom stereocenters. The predicted molar refractivity (Wildman–Crippen MR) is 103 cm³/mol. The minimum absolute atomic E-state index is 0.125. The van der Waals surface area contributed by atoms with Gasteiger partial charge < -0.3 is 19.5 Å². The van der Waals surface area contributed by atoms with Gasteiger partial charge in [-0.2, -0.15) is 0 Å². The normalized spacial score (nSPS) is 10.4. The lowest BCUT2D eigenvalue weighted by molar-refractivity contribution is -0.134. The number of nitrogens with one attached hydrogen (secondary N) is 1. The van der Waals surface area contributed by atoms with E-state index in [2.05, 4.69) is 10.1 Å². The molecule has 0 bridgehead atoms. The third-order valence-electron chi connectivity index (χ3n) is 3.73. The van der Waals surface area contributed by atoms with E-state index in [1.54, 1.807) is 48.5 Å². The molecule has 0 aliphatic heterocycles. The maximum Gasteiger partial charge on any atom is 0.343 e. The van der Waals surface area contributed by atoms with Crippen molar-refractivity contribution < 1.29 is 28.6 Å². The van der Waals surface area contributed by atoms with E-state index in [9.17, 15) is 14.4 Å². The molecule has 0 radical (unpaired) electrons. The second kappa shape index (κ2) is 9.91. The van der Waals surface area contributed by atoms with Crippen LogP contribution >= 0.6 is 0 Å². The molecular weight excluding hydrogens is 362 g/mol. The van der Waals surface area contributed by atoms with Crippen LogP contribution in [0.2, 0.25) is 0 Å². The van der Waals surface area contributed by atoms with Crippen molar-refractivity contribution in [2.75, 3.05) is 14.2 Å². The van der Waals surface area contributed by atoms with Crippen LogP contribution in [0, 0.1) is 0 Å². The first-order valence-electron chi connectivity index (χ1n) is 8.42. The predicted octanol–water partition coefficient (Wildman–Crippen LogP) is 2.74. The Balaban J connectivity index is 2.09. The molecule has 28 heavy (non-hydrogen) atoms. The summed E-state index contributed by atoms with van der Waals surface area (Å²) in [5.74, 6) is -0.535. The average molecular weight is 383 g/mol. The van der Waals surface area contributed by atoms with Gasteiger partial charge in [-0.05, 0) is 41.5 Å². The molecule has 0 fully saturated rings. The second-order valence-electron chi connectivity index (χ2n) is 5.76. The Morgan fingerprint density at radius 1 is 1.00 bits per heavy atom. The summed E-state index contributed by atoms with van der Waals surface area (Å²) < 4.78 is 15.2. The number of methoxy groups -OCH3 is 2. The molecule has 0 saturated heterocycles. The lowest BCUT2D eigenvalue weighted by atomic mass is 10.1. The number of amides is 1. The van der Waals surface area contributed by atoms with Crippen LogP contribution in [0.5, 0.6) is 11.5 Å². The van der Waals surface area contributed by atoms with E-state index in [4.69, 9.17) is 9.47 Å². The molecule has 7 nitrogen and oxygen atoms in total. The van der Waals surface area contributed by atoms with Crippen molar-refractivity contribution in [3.05, 3.63) is 65.2 Å². The van der Waals surface area contributed by atoms with E-state index < -0.39 is 11.9 Å². The molecule has 0 aliphatic carbocycles. The van der Waals surface area contributed by atoms with Gasteiger partial charge in [0.15, 0.2) is 11.5 Å². The van der Waals surface area contributed by atoms with Crippen LogP contribution < -0.4 is 14.8 Å². The third-order valence-corrected chi connectivity index (χ3v) is 3.73. The first-order chi connectivity index (χ1) is 13.4. The molecule has 0 unspecified atom stereocenters. The Kier molecular flexibility index (Phi) is 7.33. The van der Waals surface area contributed by atoms with Gasteiger partial charge in [0.05, 0.1) is 19.8 Å². The monoisotopic (exact) mass is 383 g/mol. The molecule has 0 aromatic heterocycles. The van der Waals surface area contributed by atoms with Gasteiger partial charge >= 0.3 is 11.9 Å². The van der Waals surface area contributed by atoms with E-state index >= 15 is 0 Å². The Labute approximate surface area is 162 Å². The Hall–Kier alpha value is -3.61. The van der Waals surface area contributed by atoms with Crippen molar-refractivity contribution in [2.45, 2.75) is 13.5 Å². The first-order valence-corrected chi connectivity index (χ1v) is 8.42. The fourth-order valence-corrected chi connectivity index (χ4v) is 2.25. The molecule has 0 saturated carbocycles. The smallest absolute Gasteiger partial charge is 0.343 e. The zero-order valence-electron chi connectivity index (χ0n) is 15.9. The highest BCUT2D eigenvalue weighted by atomic mass is 16.6. The number of rotatable bonds is 7. The second-order valence-corrected chi connectivity index (χ2v) is 5.76. The Morgan fingerprint density at radius 2 is 1.71 bits per heavy atom. The van der Waals surface area contributed by atoms with Gasteiger partial charge in [0.1, 0.15) is 0 Å². The topological polar surface area (TPSA) is 90.9 Å². The number of hydrogen-bond acceptors (Lipinski definition) is 6. The molecule has 1 N–H and O–H groups in total. The van der Waals surface area contributed by atoms with Crippen LogP contribution in [0.15, 0.2) is 48.5 Å². The fourth-order valence-electron chi connectivity index (χ4n) is 2.25. The number of carbonyl (C=O) groups is 3. The summed E-state index contributed by atoms with van der Waals surface area (Å²) in [5.41, 5.74) is 1.92. The number of benzene rings is 2. The van der Waals surface area contributed by atoms with Crippen LogP contribution in [0.25, 0.3) is 6.08 Å². The summed E-state index contributed by atoms with van der Waals surface area (Å²) in [4.78, 5) is 34.5. The summed E-state index contributed by atoms with van der Waals surface area (Å²) in [6, 6.07) is 11.6. The van der Waals surface area contributed by atoms with E-state index in [0.717, 1.165) is 5.56 Å². The highest BCUT2D eigenvalue weighted by Gasteiger charge is 2.13. The fraction of sp³-hybridized carbons (Fsp3) is 0.190. The van der Waals surface area contributed by atoms with E-state index in [0.29, 0.717) is 23.4 Å². The lowest BCUT2D eigenvalue weighted by Gasteiger charge is -2.10. The molecule has 7 heteroatoms. The van der Waals surface area contributed by atoms with Crippen molar-refractivity contribution in [1.29, 1.82) is 0 Å². The maximum atomic E-state index is 12.4. The van der Waals surface area contributed by atoms with Gasteiger partial charge in [-0.1, -0.05) is 18.2 Å². The van der Waals surface area contributed by atoms with Crippen LogP contribution in [-0.4, -0.2) is 32.1 Å². The van der Waals surface area contributed by atoms with Crippen LogP contribution in [0.1, 0.15) is 28.4 Å². The zero-order chi connectivity index (χ0) is 20.5. The van der Waals surface area contributed by atoms with Gasteiger partial charge in [0, 0.05) is 19.5 Å². The molecule has 0 spiro atoms. The van der Waals surface area contributed by atoms with Gasteiger partial charge in [0.2, 0.25) is 5.91 Å². The van der Waals surface area contributed by atoms with Crippen molar-refractivity contribution in [1.82, 2.24) is 5.32 Å². The summed E-state index contributed by atoms with van der Waals surface area (Å²) in [5, 5.41) is 2.69. The number of carbonyl (C=O) groups excluding carboxylic acids is 3. The minimum atomic E-state index is -0.540. The number of ether oxygens (including phenoxy) is 3. The van der Waals surface area contributed by atoms with Crippen LogP contribution in [0.3, 0.4) is 0 Å². The van der Waals surface area contributed by atoms with Crippen molar-refractivity contribution >= 4 is 23.9 Å². The van der Waals surface area contributed by atoms with Crippen molar-refractivity contribution in [3.8, 4) is 11.5 Å². The van der Waals surface area contributed by atoms with Crippen LogP contribution in [0.4, 0.5) is 0 Å². The molecule has 2 aromatic carbocycles. The first kappa shape index (κ1) is 20.7. The summed E-state index contributed by atoms with van der Waals surface area (Å²) in [6.45, 7) is 1.83. The molecule has 0 aliphatic rings. The van der Waals surface area contributed by atoms with Gasteiger partial charge in [-0.25, -0.2) is 9.59 Å².